The maximum atomic E-state index is 15.9. The molecule has 0 radical (unpaired) electrons. The molecule has 1 aromatic heterocycles. The molecule has 1 saturated heterocycles. The average Bonchev–Trinajstić information content (AvgIpc) is 3.16. The van der Waals surface area contributed by atoms with E-state index in [0.717, 1.165) is 28.0 Å². The Morgan fingerprint density at radius 2 is 1.70 bits per heavy atom. The number of carbonyl (C=O) groups excluding carboxylic acids is 1. The van der Waals surface area contributed by atoms with Crippen molar-refractivity contribution in [1.82, 2.24) is 14.6 Å². The number of hydrogen-bond acceptors (Lipinski definition) is 8. The number of alkyl halides is 1. The predicted molar refractivity (Wildman–Crippen MR) is 154 cm³/mol. The first-order chi connectivity index (χ1) is 20.2. The lowest BCUT2D eigenvalue weighted by Gasteiger charge is -2.26. The number of aromatic nitrogens is 2. The minimum atomic E-state index is -4.34. The van der Waals surface area contributed by atoms with Crippen molar-refractivity contribution in [2.24, 2.45) is 5.92 Å². The molecule has 3 aromatic rings. The summed E-state index contributed by atoms with van der Waals surface area (Å²) < 4.78 is 66.6. The molecule has 232 valence electrons. The number of rotatable bonds is 11. The third kappa shape index (κ3) is 7.66. The van der Waals surface area contributed by atoms with Gasteiger partial charge in [0.1, 0.15) is 17.6 Å². The molecular formula is C29H34F2N3O8P. The summed E-state index contributed by atoms with van der Waals surface area (Å²) >= 11 is 0. The lowest BCUT2D eigenvalue weighted by molar-refractivity contribution is -0.149. The normalized spacial score (nSPS) is 24.0. The molecule has 1 aliphatic heterocycles. The van der Waals surface area contributed by atoms with E-state index in [1.54, 1.807) is 45.0 Å². The largest absolute Gasteiger partial charge is 0.462 e. The number of carbonyl (C=O) groups is 1. The Hall–Kier alpha value is -3.64. The van der Waals surface area contributed by atoms with Gasteiger partial charge in [0.25, 0.3) is 5.56 Å². The van der Waals surface area contributed by atoms with Gasteiger partial charge in [-0.05, 0) is 63.1 Å². The highest BCUT2D eigenvalue weighted by Gasteiger charge is 2.54. The van der Waals surface area contributed by atoms with Crippen LogP contribution >= 0.6 is 7.75 Å². The minimum Gasteiger partial charge on any atom is -0.462 e. The molecule has 0 saturated carbocycles. The number of benzene rings is 2. The molecule has 2 heterocycles. The van der Waals surface area contributed by atoms with E-state index in [1.165, 1.54) is 38.1 Å². The number of hydrogen-bond donors (Lipinski definition) is 2. The van der Waals surface area contributed by atoms with Gasteiger partial charge in [-0.25, -0.2) is 18.1 Å². The van der Waals surface area contributed by atoms with Crippen LogP contribution < -0.4 is 20.9 Å². The molecule has 0 bridgehead atoms. The monoisotopic (exact) mass is 621 g/mol. The minimum absolute atomic E-state index is 0.125. The van der Waals surface area contributed by atoms with Crippen molar-refractivity contribution < 1.29 is 36.7 Å². The van der Waals surface area contributed by atoms with E-state index in [4.69, 9.17) is 18.5 Å². The van der Waals surface area contributed by atoms with Crippen LogP contribution in [0.3, 0.4) is 0 Å². The van der Waals surface area contributed by atoms with Crippen molar-refractivity contribution in [2.75, 3.05) is 6.61 Å². The quantitative estimate of drug-likeness (QED) is 0.230. The topological polar surface area (TPSA) is 138 Å². The summed E-state index contributed by atoms with van der Waals surface area (Å²) in [5, 5.41) is 2.57. The van der Waals surface area contributed by atoms with E-state index >= 15 is 4.39 Å². The number of ether oxygens (including phenoxy) is 2. The van der Waals surface area contributed by atoms with Crippen LogP contribution in [0.1, 0.15) is 40.8 Å². The van der Waals surface area contributed by atoms with Gasteiger partial charge in [0.05, 0.1) is 18.8 Å². The van der Waals surface area contributed by atoms with Crippen molar-refractivity contribution >= 4 is 13.7 Å². The van der Waals surface area contributed by atoms with Crippen LogP contribution in [0, 0.1) is 11.7 Å². The summed E-state index contributed by atoms with van der Waals surface area (Å²) in [5.41, 5.74) is -2.10. The summed E-state index contributed by atoms with van der Waals surface area (Å²) in [5.74, 6) is -1.81. The van der Waals surface area contributed by atoms with Gasteiger partial charge in [-0.3, -0.25) is 23.7 Å². The average molecular weight is 622 g/mol. The zero-order valence-electron chi connectivity index (χ0n) is 24.3. The Balaban J connectivity index is 1.55. The Morgan fingerprint density at radius 3 is 2.28 bits per heavy atom. The summed E-state index contributed by atoms with van der Waals surface area (Å²) in [6, 6.07) is 12.2. The highest BCUT2D eigenvalue weighted by molar-refractivity contribution is 7.52. The van der Waals surface area contributed by atoms with E-state index in [-0.39, 0.29) is 11.6 Å². The molecule has 0 amide bonds. The highest BCUT2D eigenvalue weighted by Crippen LogP contribution is 2.49. The van der Waals surface area contributed by atoms with Crippen LogP contribution in [0.25, 0.3) is 11.1 Å². The zero-order chi connectivity index (χ0) is 31.5. The van der Waals surface area contributed by atoms with Gasteiger partial charge >= 0.3 is 19.4 Å². The number of aromatic amines is 1. The summed E-state index contributed by atoms with van der Waals surface area (Å²) in [4.78, 5) is 38.4. The second-order valence-corrected chi connectivity index (χ2v) is 12.4. The standard InChI is InChI=1S/C29H34F2N3O8P/c1-17(2)40-26(36)19(4)33-43(38,42-23-12-8-21(9-13-23)20-6-10-22(30)11-7-20)39-16-24-18(3)29(5,31)27(41-24)34-15-14-25(35)32-28(34)37/h6-15,17-19,24,27H,16H2,1-5H3,(H,33,38)(H,32,35,37)/t18?,19-,24+,27+,29+,43?/m0/s1. The maximum absolute atomic E-state index is 15.9. The number of halogens is 2. The van der Waals surface area contributed by atoms with E-state index in [1.807, 2.05) is 0 Å². The molecular weight excluding hydrogens is 587 g/mol. The Kier molecular flexibility index (Phi) is 9.70. The first-order valence-corrected chi connectivity index (χ1v) is 15.2. The fraction of sp³-hybridized carbons (Fsp3) is 0.414. The predicted octanol–water partition coefficient (Wildman–Crippen LogP) is 4.74. The third-order valence-corrected chi connectivity index (χ3v) is 8.71. The number of nitrogens with one attached hydrogen (secondary N) is 2. The number of H-pyrrole nitrogens is 1. The van der Waals surface area contributed by atoms with Gasteiger partial charge in [0.2, 0.25) is 0 Å². The first kappa shape index (κ1) is 32.3. The highest BCUT2D eigenvalue weighted by atomic mass is 31.2. The van der Waals surface area contributed by atoms with E-state index in [2.05, 4.69) is 10.1 Å². The molecule has 1 aliphatic rings. The molecule has 11 nitrogen and oxygen atoms in total. The van der Waals surface area contributed by atoms with Crippen molar-refractivity contribution in [3.05, 3.63) is 87.4 Å². The third-order valence-electron chi connectivity index (χ3n) is 7.06. The lowest BCUT2D eigenvalue weighted by Crippen LogP contribution is -2.40. The zero-order valence-corrected chi connectivity index (χ0v) is 25.2. The summed E-state index contributed by atoms with van der Waals surface area (Å²) in [6.45, 7) is 7.10. The van der Waals surface area contributed by atoms with Crippen LogP contribution in [0.5, 0.6) is 5.75 Å². The van der Waals surface area contributed by atoms with Gasteiger partial charge in [0, 0.05) is 18.2 Å². The van der Waals surface area contributed by atoms with Gasteiger partial charge in [-0.2, -0.15) is 5.09 Å². The van der Waals surface area contributed by atoms with Crippen LogP contribution in [0.2, 0.25) is 0 Å². The number of nitrogens with zero attached hydrogens (tertiary/aromatic N) is 1. The molecule has 0 aliphatic carbocycles. The lowest BCUT2D eigenvalue weighted by atomic mass is 9.90. The molecule has 43 heavy (non-hydrogen) atoms. The Labute approximate surface area is 246 Å². The first-order valence-electron chi connectivity index (χ1n) is 13.6. The maximum Gasteiger partial charge on any atom is 0.459 e. The Bertz CT molecular complexity index is 1590. The fourth-order valence-corrected chi connectivity index (χ4v) is 6.02. The second kappa shape index (κ2) is 12.9. The van der Waals surface area contributed by atoms with Gasteiger partial charge in [-0.1, -0.05) is 31.2 Å². The molecule has 2 unspecified atom stereocenters. The van der Waals surface area contributed by atoms with Crippen LogP contribution in [-0.2, 0) is 23.4 Å². The van der Waals surface area contributed by atoms with Crippen molar-refractivity contribution in [3.63, 3.8) is 0 Å². The van der Waals surface area contributed by atoms with Crippen LogP contribution in [0.4, 0.5) is 8.78 Å². The van der Waals surface area contributed by atoms with Gasteiger partial charge < -0.3 is 14.0 Å². The van der Waals surface area contributed by atoms with Crippen molar-refractivity contribution in [1.29, 1.82) is 0 Å². The van der Waals surface area contributed by atoms with Gasteiger partial charge in [0.15, 0.2) is 11.9 Å². The van der Waals surface area contributed by atoms with E-state index < -0.39 is 67.6 Å². The summed E-state index contributed by atoms with van der Waals surface area (Å²) in [6.07, 6.45) is -1.71. The van der Waals surface area contributed by atoms with Crippen molar-refractivity contribution in [2.45, 2.75) is 64.8 Å². The van der Waals surface area contributed by atoms with Crippen LogP contribution in [0.15, 0.2) is 70.4 Å². The van der Waals surface area contributed by atoms with Gasteiger partial charge in [-0.15, -0.1) is 0 Å². The molecule has 6 atom stereocenters. The van der Waals surface area contributed by atoms with E-state index in [9.17, 15) is 23.3 Å². The summed E-state index contributed by atoms with van der Waals surface area (Å²) in [7, 11) is -4.34. The molecule has 1 fully saturated rings. The molecule has 2 aromatic carbocycles. The second-order valence-electron chi connectivity index (χ2n) is 10.7. The fourth-order valence-electron chi connectivity index (χ4n) is 4.51. The molecule has 2 N–H and O–H groups in total. The molecule has 0 spiro atoms. The molecule has 4 rings (SSSR count). The SMILES string of the molecule is CC(C)OC(=O)[C@H](C)NP(=O)(OC[C@H]1O[C@@H](n2ccc(=O)[nH]c2=O)[C@](C)(F)C1C)Oc1ccc(-c2ccc(F)cc2)cc1. The Morgan fingerprint density at radius 1 is 1.09 bits per heavy atom. The number of esters is 1. The van der Waals surface area contributed by atoms with Crippen molar-refractivity contribution in [3.8, 4) is 16.9 Å². The van der Waals surface area contributed by atoms with Crippen LogP contribution in [-0.4, -0.2) is 46.0 Å². The van der Waals surface area contributed by atoms with E-state index in [0.29, 0.717) is 0 Å². The smallest absolute Gasteiger partial charge is 0.459 e. The molecule has 14 heteroatoms.